The average molecular weight is 305 g/mol. The molecular formula is C12H23N3O4S. The molecule has 116 valence electrons. The summed E-state index contributed by atoms with van der Waals surface area (Å²) in [6.07, 6.45) is 1.80. The summed E-state index contributed by atoms with van der Waals surface area (Å²) in [6.45, 7) is 6.82. The number of piperidine rings is 1. The molecule has 7 nitrogen and oxygen atoms in total. The molecule has 20 heavy (non-hydrogen) atoms. The third-order valence-electron chi connectivity index (χ3n) is 3.48. The molecule has 8 heteroatoms. The Hall–Kier alpha value is -0.860. The molecular weight excluding hydrogens is 282 g/mol. The summed E-state index contributed by atoms with van der Waals surface area (Å²) in [7, 11) is -3.45. The van der Waals surface area contributed by atoms with E-state index >= 15 is 0 Å². The third-order valence-corrected chi connectivity index (χ3v) is 4.76. The number of likely N-dealkylation sites (tertiary alicyclic amines) is 1. The van der Waals surface area contributed by atoms with Crippen molar-refractivity contribution in [2.45, 2.75) is 51.2 Å². The summed E-state index contributed by atoms with van der Waals surface area (Å²) < 4.78 is 33.8. The molecule has 0 aliphatic carbocycles. The maximum absolute atomic E-state index is 12.1. The Labute approximate surface area is 120 Å². The Morgan fingerprint density at radius 2 is 2.00 bits per heavy atom. The summed E-state index contributed by atoms with van der Waals surface area (Å²) in [6, 6.07) is 0. The Kier molecular flexibility index (Phi) is 4.01. The molecule has 2 rings (SSSR count). The molecule has 2 saturated heterocycles. The molecule has 2 heterocycles. The van der Waals surface area contributed by atoms with Gasteiger partial charge in [-0.25, -0.2) is 9.52 Å². The van der Waals surface area contributed by atoms with Gasteiger partial charge in [0, 0.05) is 19.6 Å². The van der Waals surface area contributed by atoms with E-state index in [1.807, 2.05) is 20.8 Å². The lowest BCUT2D eigenvalue weighted by Crippen LogP contribution is -2.65. The Balaban J connectivity index is 2.07. The number of hydrogen-bond acceptors (Lipinski definition) is 4. The van der Waals surface area contributed by atoms with Gasteiger partial charge < -0.3 is 9.64 Å². The van der Waals surface area contributed by atoms with Gasteiger partial charge in [-0.05, 0) is 40.0 Å². The molecule has 1 unspecified atom stereocenters. The second kappa shape index (κ2) is 5.16. The molecule has 2 aliphatic heterocycles. The Bertz CT molecular complexity index is 481. The van der Waals surface area contributed by atoms with E-state index in [4.69, 9.17) is 4.74 Å². The number of rotatable bonds is 0. The third kappa shape index (κ3) is 3.83. The van der Waals surface area contributed by atoms with E-state index < -0.39 is 21.3 Å². The van der Waals surface area contributed by atoms with Gasteiger partial charge in [0.2, 0.25) is 0 Å². The van der Waals surface area contributed by atoms with Crippen LogP contribution in [0.2, 0.25) is 0 Å². The topological polar surface area (TPSA) is 87.7 Å². The summed E-state index contributed by atoms with van der Waals surface area (Å²) in [5.74, 6) is 0. The fraction of sp³-hybridized carbons (Fsp3) is 0.917. The highest BCUT2D eigenvalue weighted by molar-refractivity contribution is 7.87. The summed E-state index contributed by atoms with van der Waals surface area (Å²) >= 11 is 0. The molecule has 0 aromatic rings. The molecule has 1 spiro atoms. The van der Waals surface area contributed by atoms with Gasteiger partial charge in [-0.1, -0.05) is 0 Å². The van der Waals surface area contributed by atoms with E-state index in [0.717, 1.165) is 12.8 Å². The monoisotopic (exact) mass is 305 g/mol. The van der Waals surface area contributed by atoms with Crippen molar-refractivity contribution in [3.63, 3.8) is 0 Å². The van der Waals surface area contributed by atoms with E-state index in [9.17, 15) is 13.2 Å². The first-order valence-corrected chi connectivity index (χ1v) is 8.36. The number of nitrogens with one attached hydrogen (secondary N) is 2. The first-order valence-electron chi connectivity index (χ1n) is 6.87. The fourth-order valence-corrected chi connectivity index (χ4v) is 3.98. The molecule has 0 saturated carbocycles. The lowest BCUT2D eigenvalue weighted by Gasteiger charge is -2.45. The summed E-state index contributed by atoms with van der Waals surface area (Å²) in [5, 5.41) is 0. The molecule has 2 N–H and O–H groups in total. The van der Waals surface area contributed by atoms with Crippen molar-refractivity contribution < 1.29 is 17.9 Å². The lowest BCUT2D eigenvalue weighted by atomic mass is 9.87. The van der Waals surface area contributed by atoms with Gasteiger partial charge in [-0.3, -0.25) is 0 Å². The predicted octanol–water partition coefficient (Wildman–Crippen LogP) is 0.584. The van der Waals surface area contributed by atoms with Crippen LogP contribution in [0.4, 0.5) is 4.79 Å². The highest BCUT2D eigenvalue weighted by Gasteiger charge is 2.43. The number of carbonyl (C=O) groups excluding carboxylic acids is 1. The molecule has 1 atom stereocenters. The lowest BCUT2D eigenvalue weighted by molar-refractivity contribution is 0.0116. The van der Waals surface area contributed by atoms with Crippen LogP contribution in [0.3, 0.4) is 0 Å². The van der Waals surface area contributed by atoms with Crippen LogP contribution >= 0.6 is 0 Å². The SMILES string of the molecule is CC(C)(C)OC(=O)N1CCCC2(CCNS(=O)(=O)N2)C1. The van der Waals surface area contributed by atoms with Crippen LogP contribution in [0.1, 0.15) is 40.0 Å². The van der Waals surface area contributed by atoms with Gasteiger partial charge in [0.25, 0.3) is 10.2 Å². The first-order chi connectivity index (χ1) is 9.11. The predicted molar refractivity (Wildman–Crippen MR) is 74.4 cm³/mol. The molecule has 1 amide bonds. The van der Waals surface area contributed by atoms with Crippen LogP contribution in [0.25, 0.3) is 0 Å². The zero-order valence-electron chi connectivity index (χ0n) is 12.2. The highest BCUT2D eigenvalue weighted by Crippen LogP contribution is 2.28. The van der Waals surface area contributed by atoms with Crippen molar-refractivity contribution in [1.29, 1.82) is 0 Å². The number of carbonyl (C=O) groups is 1. The van der Waals surface area contributed by atoms with Crippen molar-refractivity contribution in [1.82, 2.24) is 14.3 Å². The van der Waals surface area contributed by atoms with E-state index in [-0.39, 0.29) is 6.09 Å². The van der Waals surface area contributed by atoms with Crippen LogP contribution in [-0.4, -0.2) is 50.2 Å². The van der Waals surface area contributed by atoms with Crippen LogP contribution in [0.5, 0.6) is 0 Å². The molecule has 0 radical (unpaired) electrons. The number of nitrogens with zero attached hydrogens (tertiary/aromatic N) is 1. The van der Waals surface area contributed by atoms with Crippen LogP contribution in [-0.2, 0) is 14.9 Å². The second-order valence-electron chi connectivity index (χ2n) is 6.54. The minimum Gasteiger partial charge on any atom is -0.444 e. The Morgan fingerprint density at radius 3 is 2.60 bits per heavy atom. The van der Waals surface area contributed by atoms with E-state index in [1.54, 1.807) is 4.90 Å². The van der Waals surface area contributed by atoms with Gasteiger partial charge >= 0.3 is 6.09 Å². The largest absolute Gasteiger partial charge is 0.444 e. The maximum Gasteiger partial charge on any atom is 0.410 e. The zero-order chi connectivity index (χ0) is 15.0. The van der Waals surface area contributed by atoms with Crippen molar-refractivity contribution in [3.05, 3.63) is 0 Å². The van der Waals surface area contributed by atoms with Crippen LogP contribution in [0.15, 0.2) is 0 Å². The average Bonchev–Trinajstić information content (AvgIpc) is 2.24. The maximum atomic E-state index is 12.1. The normalized spacial score (nSPS) is 30.2. The summed E-state index contributed by atoms with van der Waals surface area (Å²) in [5.41, 5.74) is -1.10. The quantitative estimate of drug-likeness (QED) is 0.685. The van der Waals surface area contributed by atoms with Gasteiger partial charge in [-0.15, -0.1) is 0 Å². The first kappa shape index (κ1) is 15.5. The number of hydrogen-bond donors (Lipinski definition) is 2. The zero-order valence-corrected chi connectivity index (χ0v) is 13.0. The molecule has 2 aliphatic rings. The van der Waals surface area contributed by atoms with E-state index in [1.165, 1.54) is 0 Å². The molecule has 0 aromatic carbocycles. The van der Waals surface area contributed by atoms with E-state index in [2.05, 4.69) is 9.44 Å². The second-order valence-corrected chi connectivity index (χ2v) is 8.04. The van der Waals surface area contributed by atoms with Crippen molar-refractivity contribution in [3.8, 4) is 0 Å². The van der Waals surface area contributed by atoms with Gasteiger partial charge in [0.1, 0.15) is 5.60 Å². The molecule has 2 fully saturated rings. The smallest absolute Gasteiger partial charge is 0.410 e. The van der Waals surface area contributed by atoms with Crippen molar-refractivity contribution in [2.75, 3.05) is 19.6 Å². The minimum atomic E-state index is -3.45. The summed E-state index contributed by atoms with van der Waals surface area (Å²) in [4.78, 5) is 13.7. The number of ether oxygens (including phenoxy) is 1. The van der Waals surface area contributed by atoms with Crippen molar-refractivity contribution >= 4 is 16.3 Å². The van der Waals surface area contributed by atoms with Gasteiger partial charge in [0.05, 0.1) is 5.54 Å². The van der Waals surface area contributed by atoms with Crippen molar-refractivity contribution in [2.24, 2.45) is 0 Å². The van der Waals surface area contributed by atoms with Gasteiger partial charge in [0.15, 0.2) is 0 Å². The Morgan fingerprint density at radius 1 is 1.30 bits per heavy atom. The fourth-order valence-electron chi connectivity index (χ4n) is 2.70. The van der Waals surface area contributed by atoms with Gasteiger partial charge in [-0.2, -0.15) is 13.1 Å². The van der Waals surface area contributed by atoms with E-state index in [0.29, 0.717) is 26.1 Å². The molecule has 0 aromatic heterocycles. The minimum absolute atomic E-state index is 0.364. The molecule has 0 bridgehead atoms. The highest BCUT2D eigenvalue weighted by atomic mass is 32.2. The van der Waals surface area contributed by atoms with Crippen LogP contribution < -0.4 is 9.44 Å². The van der Waals surface area contributed by atoms with Crippen LogP contribution in [0, 0.1) is 0 Å². The number of amides is 1. The standard InChI is InChI=1S/C12H23N3O4S/c1-11(2,3)19-10(16)15-8-4-5-12(9-15)6-7-13-20(17,18)14-12/h13-14H,4-9H2,1-3H3.